The topological polar surface area (TPSA) is 68.8 Å². The van der Waals surface area contributed by atoms with E-state index in [0.29, 0.717) is 16.9 Å². The van der Waals surface area contributed by atoms with Crippen LogP contribution >= 0.6 is 11.3 Å². The van der Waals surface area contributed by atoms with Crippen molar-refractivity contribution in [3.63, 3.8) is 0 Å². The van der Waals surface area contributed by atoms with Crippen LogP contribution in [0.5, 0.6) is 5.75 Å². The number of nitrogens with one attached hydrogen (secondary N) is 1. The summed E-state index contributed by atoms with van der Waals surface area (Å²) in [6.45, 7) is 4.02. The van der Waals surface area contributed by atoms with E-state index in [9.17, 15) is 10.5 Å². The van der Waals surface area contributed by atoms with Crippen LogP contribution in [-0.2, 0) is 0 Å². The van der Waals surface area contributed by atoms with Gasteiger partial charge in [0.25, 0.3) is 0 Å². The van der Waals surface area contributed by atoms with Crippen LogP contribution < -0.4 is 10.1 Å². The molecule has 1 atom stereocenters. The molecule has 1 N–H and O–H groups in total. The Bertz CT molecular complexity index is 1190. The molecule has 2 heterocycles. The lowest BCUT2D eigenvalue weighted by atomic mass is 9.78. The number of aryl methyl sites for hydroxylation is 1. The molecule has 4 nitrogen and oxygen atoms in total. The molecule has 0 saturated carbocycles. The Morgan fingerprint density at radius 2 is 1.93 bits per heavy atom. The van der Waals surface area contributed by atoms with Gasteiger partial charge >= 0.3 is 0 Å². The number of hydrogen-bond donors (Lipinski definition) is 1. The zero-order chi connectivity index (χ0) is 19.1. The Labute approximate surface area is 161 Å². The van der Waals surface area contributed by atoms with Crippen LogP contribution in [0.15, 0.2) is 47.0 Å². The standard InChI is InChI=1S/C22H17N3OS/c1-12-8-19-16(6-7-27-19)21-20(17(11-24)13(2)25-22(12)21)15-5-4-14(10-23)9-18(15)26-3/h4-9,20,25H,1-3H3. The van der Waals surface area contributed by atoms with Gasteiger partial charge in [-0.2, -0.15) is 10.5 Å². The van der Waals surface area contributed by atoms with E-state index in [0.717, 1.165) is 33.5 Å². The number of nitriles is 2. The van der Waals surface area contributed by atoms with Crippen molar-refractivity contribution in [1.82, 2.24) is 0 Å². The van der Waals surface area contributed by atoms with Crippen LogP contribution in [-0.4, -0.2) is 7.11 Å². The zero-order valence-electron chi connectivity index (χ0n) is 15.3. The number of fused-ring (bicyclic) bond motifs is 3. The number of thiophene rings is 1. The molecule has 3 aromatic rings. The van der Waals surface area contributed by atoms with Gasteiger partial charge in [-0.3, -0.25) is 0 Å². The molecule has 1 aliphatic heterocycles. The highest BCUT2D eigenvalue weighted by Gasteiger charge is 2.33. The summed E-state index contributed by atoms with van der Waals surface area (Å²) in [6.07, 6.45) is 0. The summed E-state index contributed by atoms with van der Waals surface area (Å²) >= 11 is 1.70. The first-order valence-electron chi connectivity index (χ1n) is 8.55. The predicted octanol–water partition coefficient (Wildman–Crippen LogP) is 5.44. The summed E-state index contributed by atoms with van der Waals surface area (Å²) in [4.78, 5) is 0. The van der Waals surface area contributed by atoms with Crippen molar-refractivity contribution in [3.8, 4) is 17.9 Å². The third kappa shape index (κ3) is 2.56. The molecular formula is C22H17N3OS. The lowest BCUT2D eigenvalue weighted by Gasteiger charge is -2.31. The van der Waals surface area contributed by atoms with Crippen molar-refractivity contribution in [3.05, 3.63) is 69.2 Å². The highest BCUT2D eigenvalue weighted by atomic mass is 32.1. The largest absolute Gasteiger partial charge is 0.496 e. The molecule has 1 aromatic heterocycles. The first-order valence-corrected chi connectivity index (χ1v) is 9.43. The lowest BCUT2D eigenvalue weighted by Crippen LogP contribution is -2.18. The minimum atomic E-state index is -0.244. The van der Waals surface area contributed by atoms with Crippen LogP contribution in [0.1, 0.15) is 35.1 Å². The Hall–Kier alpha value is -3.28. The van der Waals surface area contributed by atoms with Crippen LogP contribution in [0.2, 0.25) is 0 Å². The number of ether oxygens (including phenoxy) is 1. The molecular weight excluding hydrogens is 354 g/mol. The molecule has 0 radical (unpaired) electrons. The summed E-state index contributed by atoms with van der Waals surface area (Å²) in [5.41, 5.74) is 6.24. The van der Waals surface area contributed by atoms with E-state index in [4.69, 9.17) is 4.74 Å². The smallest absolute Gasteiger partial charge is 0.124 e. The van der Waals surface area contributed by atoms with Gasteiger partial charge in [-0.05, 0) is 60.0 Å². The Balaban J connectivity index is 2.09. The fraction of sp³-hybridized carbons (Fsp3) is 0.182. The van der Waals surface area contributed by atoms with Crippen LogP contribution in [0, 0.1) is 29.6 Å². The normalized spacial score (nSPS) is 15.7. The molecule has 2 aromatic carbocycles. The average Bonchev–Trinajstić information content (AvgIpc) is 3.14. The predicted molar refractivity (Wildman–Crippen MR) is 108 cm³/mol. The lowest BCUT2D eigenvalue weighted by molar-refractivity contribution is 0.409. The molecule has 0 bridgehead atoms. The van der Waals surface area contributed by atoms with Gasteiger partial charge in [0.1, 0.15) is 5.75 Å². The molecule has 4 rings (SSSR count). The van der Waals surface area contributed by atoms with Gasteiger partial charge in [0.2, 0.25) is 0 Å². The number of benzene rings is 2. The monoisotopic (exact) mass is 371 g/mol. The van der Waals surface area contributed by atoms with E-state index < -0.39 is 0 Å². The fourth-order valence-corrected chi connectivity index (χ4v) is 4.73. The summed E-state index contributed by atoms with van der Waals surface area (Å²) in [6, 6.07) is 14.3. The summed E-state index contributed by atoms with van der Waals surface area (Å²) in [5.74, 6) is 0.378. The van der Waals surface area contributed by atoms with Crippen molar-refractivity contribution in [2.75, 3.05) is 12.4 Å². The van der Waals surface area contributed by atoms with E-state index >= 15 is 0 Å². The molecule has 0 fully saturated rings. The maximum atomic E-state index is 9.94. The van der Waals surface area contributed by atoms with Crippen LogP contribution in [0.3, 0.4) is 0 Å². The third-order valence-corrected chi connectivity index (χ3v) is 5.95. The Morgan fingerprint density at radius 1 is 1.11 bits per heavy atom. The maximum Gasteiger partial charge on any atom is 0.124 e. The number of anilines is 1. The average molecular weight is 371 g/mol. The summed E-state index contributed by atoms with van der Waals surface area (Å²) < 4.78 is 6.80. The van der Waals surface area contributed by atoms with Gasteiger partial charge in [0.15, 0.2) is 0 Å². The summed E-state index contributed by atoms with van der Waals surface area (Å²) in [5, 5.41) is 25.8. The van der Waals surface area contributed by atoms with Gasteiger partial charge in [-0.15, -0.1) is 11.3 Å². The number of rotatable bonds is 2. The van der Waals surface area contributed by atoms with Crippen molar-refractivity contribution in [1.29, 1.82) is 10.5 Å². The molecule has 132 valence electrons. The van der Waals surface area contributed by atoms with Crippen molar-refractivity contribution < 1.29 is 4.74 Å². The van der Waals surface area contributed by atoms with E-state index in [1.54, 1.807) is 30.6 Å². The molecule has 0 aliphatic carbocycles. The molecule has 0 spiro atoms. The fourth-order valence-electron chi connectivity index (χ4n) is 3.83. The highest BCUT2D eigenvalue weighted by molar-refractivity contribution is 7.17. The number of hydrogen-bond acceptors (Lipinski definition) is 5. The maximum absolute atomic E-state index is 9.94. The van der Waals surface area contributed by atoms with Crippen molar-refractivity contribution >= 4 is 27.1 Å². The first-order chi connectivity index (χ1) is 13.1. The minimum absolute atomic E-state index is 0.244. The molecule has 0 amide bonds. The molecule has 0 saturated heterocycles. The summed E-state index contributed by atoms with van der Waals surface area (Å²) in [7, 11) is 1.60. The third-order valence-electron chi connectivity index (χ3n) is 5.08. The number of allylic oxidation sites excluding steroid dienone is 2. The number of methoxy groups -OCH3 is 1. The SMILES string of the molecule is COc1cc(C#N)ccc1C1C(C#N)=C(C)Nc2c(C)cc3sccc3c21. The highest BCUT2D eigenvalue weighted by Crippen LogP contribution is 2.49. The minimum Gasteiger partial charge on any atom is -0.496 e. The van der Waals surface area contributed by atoms with E-state index in [1.165, 1.54) is 4.70 Å². The molecule has 1 aliphatic rings. The van der Waals surface area contributed by atoms with Gasteiger partial charge in [0, 0.05) is 21.6 Å². The zero-order valence-corrected chi connectivity index (χ0v) is 16.1. The van der Waals surface area contributed by atoms with Crippen molar-refractivity contribution in [2.45, 2.75) is 19.8 Å². The van der Waals surface area contributed by atoms with Crippen molar-refractivity contribution in [2.24, 2.45) is 0 Å². The molecule has 1 unspecified atom stereocenters. The van der Waals surface area contributed by atoms with Gasteiger partial charge in [0.05, 0.1) is 36.3 Å². The Morgan fingerprint density at radius 3 is 2.63 bits per heavy atom. The quantitative estimate of drug-likeness (QED) is 0.651. The molecule has 5 heteroatoms. The van der Waals surface area contributed by atoms with Crippen LogP contribution in [0.4, 0.5) is 5.69 Å². The first kappa shape index (κ1) is 17.1. The van der Waals surface area contributed by atoms with E-state index in [1.807, 2.05) is 13.0 Å². The van der Waals surface area contributed by atoms with Gasteiger partial charge < -0.3 is 10.1 Å². The second-order valence-electron chi connectivity index (χ2n) is 6.59. The molecule has 27 heavy (non-hydrogen) atoms. The van der Waals surface area contributed by atoms with Crippen LogP contribution in [0.25, 0.3) is 10.1 Å². The van der Waals surface area contributed by atoms with Gasteiger partial charge in [-0.25, -0.2) is 0 Å². The second-order valence-corrected chi connectivity index (χ2v) is 7.54. The van der Waals surface area contributed by atoms with E-state index in [2.05, 4.69) is 41.9 Å². The number of nitrogens with zero attached hydrogens (tertiary/aromatic N) is 2. The van der Waals surface area contributed by atoms with Gasteiger partial charge in [-0.1, -0.05) is 6.07 Å². The van der Waals surface area contributed by atoms with E-state index in [-0.39, 0.29) is 5.92 Å². The Kier molecular flexibility index (Phi) is 4.11. The second kappa shape index (κ2) is 6.46.